The molecule has 1 aromatic carbocycles. The van der Waals surface area contributed by atoms with Crippen LogP contribution in [0, 0.1) is 0 Å². The monoisotopic (exact) mass is 312 g/mol. The first-order valence-electron chi connectivity index (χ1n) is 6.90. The highest BCUT2D eigenvalue weighted by Crippen LogP contribution is 2.31. The van der Waals surface area contributed by atoms with Crippen molar-refractivity contribution in [2.24, 2.45) is 5.14 Å². The van der Waals surface area contributed by atoms with Gasteiger partial charge in [-0.05, 0) is 37.5 Å². The number of methoxy groups -OCH3 is 1. The largest absolute Gasteiger partial charge is 0.496 e. The Morgan fingerprint density at radius 1 is 1.43 bits per heavy atom. The molecule has 1 amide bonds. The van der Waals surface area contributed by atoms with Gasteiger partial charge in [-0.15, -0.1) is 0 Å². The second-order valence-electron chi connectivity index (χ2n) is 5.14. The molecule has 0 aromatic heterocycles. The van der Waals surface area contributed by atoms with Gasteiger partial charge < -0.3 is 9.64 Å². The van der Waals surface area contributed by atoms with Crippen LogP contribution in [0.4, 0.5) is 0 Å². The maximum atomic E-state index is 12.7. The highest BCUT2D eigenvalue weighted by molar-refractivity contribution is 7.89. The van der Waals surface area contributed by atoms with Crippen LogP contribution in [0.15, 0.2) is 23.1 Å². The average Bonchev–Trinajstić information content (AvgIpc) is 3.26. The number of nitrogens with zero attached hydrogens (tertiary/aromatic N) is 1. The van der Waals surface area contributed by atoms with E-state index in [1.54, 1.807) is 4.90 Å². The van der Waals surface area contributed by atoms with Gasteiger partial charge in [-0.25, -0.2) is 13.6 Å². The van der Waals surface area contributed by atoms with Crippen molar-refractivity contribution in [2.75, 3.05) is 13.7 Å². The van der Waals surface area contributed by atoms with Crippen LogP contribution in [0.3, 0.4) is 0 Å². The molecule has 2 N–H and O–H groups in total. The maximum absolute atomic E-state index is 12.7. The third kappa shape index (κ3) is 3.54. The Kier molecular flexibility index (Phi) is 4.53. The van der Waals surface area contributed by atoms with E-state index in [2.05, 4.69) is 0 Å². The third-order valence-electron chi connectivity index (χ3n) is 3.44. The molecule has 21 heavy (non-hydrogen) atoms. The lowest BCUT2D eigenvalue weighted by molar-refractivity contribution is 0.0739. The lowest BCUT2D eigenvalue weighted by Crippen LogP contribution is -2.34. The zero-order valence-corrected chi connectivity index (χ0v) is 13.0. The van der Waals surface area contributed by atoms with Crippen molar-refractivity contribution in [2.45, 2.75) is 37.1 Å². The molecule has 0 saturated heterocycles. The molecule has 1 aliphatic rings. The van der Waals surface area contributed by atoms with E-state index in [4.69, 9.17) is 9.88 Å². The van der Waals surface area contributed by atoms with Crippen LogP contribution in [0.5, 0.6) is 5.75 Å². The highest BCUT2D eigenvalue weighted by Gasteiger charge is 2.33. The van der Waals surface area contributed by atoms with E-state index in [9.17, 15) is 13.2 Å². The molecule has 0 unspecified atom stereocenters. The molecule has 1 aliphatic carbocycles. The summed E-state index contributed by atoms with van der Waals surface area (Å²) < 4.78 is 28.1. The lowest BCUT2D eigenvalue weighted by Gasteiger charge is -2.23. The van der Waals surface area contributed by atoms with E-state index < -0.39 is 10.0 Å². The van der Waals surface area contributed by atoms with Gasteiger partial charge in [-0.3, -0.25) is 4.79 Å². The van der Waals surface area contributed by atoms with E-state index in [-0.39, 0.29) is 22.4 Å². The highest BCUT2D eigenvalue weighted by atomic mass is 32.2. The number of ether oxygens (including phenoxy) is 1. The molecule has 1 aromatic rings. The zero-order chi connectivity index (χ0) is 15.6. The van der Waals surface area contributed by atoms with Gasteiger partial charge in [0.05, 0.1) is 17.6 Å². The van der Waals surface area contributed by atoms with Crippen LogP contribution in [-0.4, -0.2) is 38.9 Å². The Bertz CT molecular complexity index is 638. The Morgan fingerprint density at radius 3 is 2.57 bits per heavy atom. The third-order valence-corrected chi connectivity index (χ3v) is 4.35. The van der Waals surface area contributed by atoms with Crippen LogP contribution in [-0.2, 0) is 10.0 Å². The van der Waals surface area contributed by atoms with E-state index in [1.807, 2.05) is 6.92 Å². The number of carbonyl (C=O) groups is 1. The first kappa shape index (κ1) is 15.8. The molecule has 0 radical (unpaired) electrons. The Hall–Kier alpha value is -1.60. The number of benzene rings is 1. The van der Waals surface area contributed by atoms with Gasteiger partial charge in [0.2, 0.25) is 10.0 Å². The Balaban J connectivity index is 2.42. The molecule has 0 atom stereocenters. The van der Waals surface area contributed by atoms with Crippen LogP contribution >= 0.6 is 0 Å². The molecule has 6 nitrogen and oxygen atoms in total. The van der Waals surface area contributed by atoms with Crippen molar-refractivity contribution in [1.82, 2.24) is 4.90 Å². The first-order valence-corrected chi connectivity index (χ1v) is 8.45. The summed E-state index contributed by atoms with van der Waals surface area (Å²) in [6.07, 6.45) is 2.82. The summed E-state index contributed by atoms with van der Waals surface area (Å²) in [6.45, 7) is 2.65. The van der Waals surface area contributed by atoms with Crippen LogP contribution in [0.2, 0.25) is 0 Å². The summed E-state index contributed by atoms with van der Waals surface area (Å²) in [6, 6.07) is 4.35. The van der Waals surface area contributed by atoms with E-state index in [1.165, 1.54) is 25.3 Å². The van der Waals surface area contributed by atoms with Crippen molar-refractivity contribution in [3.8, 4) is 5.75 Å². The van der Waals surface area contributed by atoms with Gasteiger partial charge in [0.25, 0.3) is 5.91 Å². The smallest absolute Gasteiger partial charge is 0.257 e. The minimum absolute atomic E-state index is 0.0844. The first-order chi connectivity index (χ1) is 9.88. The topological polar surface area (TPSA) is 89.7 Å². The number of nitrogens with two attached hydrogens (primary N) is 1. The molecule has 7 heteroatoms. The summed E-state index contributed by atoms with van der Waals surface area (Å²) in [5, 5.41) is 5.13. The van der Waals surface area contributed by atoms with Gasteiger partial charge in [0, 0.05) is 12.6 Å². The average molecular weight is 312 g/mol. The van der Waals surface area contributed by atoms with Gasteiger partial charge in [-0.2, -0.15) is 0 Å². The second-order valence-corrected chi connectivity index (χ2v) is 6.70. The van der Waals surface area contributed by atoms with E-state index >= 15 is 0 Å². The quantitative estimate of drug-likeness (QED) is 0.858. The summed E-state index contributed by atoms with van der Waals surface area (Å²) in [7, 11) is -2.40. The molecule has 2 rings (SSSR count). The number of hydrogen-bond acceptors (Lipinski definition) is 4. The Morgan fingerprint density at radius 2 is 2.10 bits per heavy atom. The molecule has 0 aliphatic heterocycles. The summed E-state index contributed by atoms with van der Waals surface area (Å²) in [5.41, 5.74) is 0.240. The molecule has 0 spiro atoms. The number of primary sulfonamides is 1. The van der Waals surface area contributed by atoms with Gasteiger partial charge >= 0.3 is 0 Å². The molecular formula is C14H20N2O4S. The Labute approximate surface area is 124 Å². The zero-order valence-electron chi connectivity index (χ0n) is 12.2. The van der Waals surface area contributed by atoms with Crippen LogP contribution in [0.1, 0.15) is 36.5 Å². The van der Waals surface area contributed by atoms with Gasteiger partial charge in [0.1, 0.15) is 5.75 Å². The molecule has 1 fully saturated rings. The minimum atomic E-state index is -3.85. The predicted molar refractivity (Wildman–Crippen MR) is 78.7 cm³/mol. The molecule has 116 valence electrons. The normalized spacial score (nSPS) is 14.8. The minimum Gasteiger partial charge on any atom is -0.496 e. The van der Waals surface area contributed by atoms with Crippen LogP contribution in [0.25, 0.3) is 0 Å². The van der Waals surface area contributed by atoms with Gasteiger partial charge in [0.15, 0.2) is 0 Å². The molecule has 1 saturated carbocycles. The predicted octanol–water partition coefficient (Wildman–Crippen LogP) is 1.36. The molecule has 0 bridgehead atoms. The standard InChI is InChI=1S/C14H20N2O4S/c1-3-8-16(10-4-5-10)14(17)12-9-11(21(15,18)19)6-7-13(12)20-2/h6-7,9-10H,3-5,8H2,1-2H3,(H2,15,18,19). The van der Waals surface area contributed by atoms with E-state index in [0.717, 1.165) is 19.3 Å². The molecule has 0 heterocycles. The number of sulfonamides is 1. The number of rotatable bonds is 6. The summed E-state index contributed by atoms with van der Waals surface area (Å²) in [4.78, 5) is 14.4. The summed E-state index contributed by atoms with van der Waals surface area (Å²) in [5.74, 6) is 0.149. The van der Waals surface area contributed by atoms with Crippen molar-refractivity contribution in [3.63, 3.8) is 0 Å². The SMILES string of the molecule is CCCN(C(=O)c1cc(S(N)(=O)=O)ccc1OC)C1CC1. The van der Waals surface area contributed by atoms with E-state index in [0.29, 0.717) is 12.3 Å². The summed E-state index contributed by atoms with van der Waals surface area (Å²) >= 11 is 0. The fourth-order valence-electron chi connectivity index (χ4n) is 2.26. The molecular weight excluding hydrogens is 292 g/mol. The number of amides is 1. The maximum Gasteiger partial charge on any atom is 0.257 e. The number of carbonyl (C=O) groups excluding carboxylic acids is 1. The van der Waals surface area contributed by atoms with Crippen molar-refractivity contribution >= 4 is 15.9 Å². The van der Waals surface area contributed by atoms with Crippen LogP contribution < -0.4 is 9.88 Å². The number of hydrogen-bond donors (Lipinski definition) is 1. The van der Waals surface area contributed by atoms with Gasteiger partial charge in [-0.1, -0.05) is 6.92 Å². The fraction of sp³-hybridized carbons (Fsp3) is 0.500. The lowest BCUT2D eigenvalue weighted by atomic mass is 10.1. The second kappa shape index (κ2) is 6.03. The van der Waals surface area contributed by atoms with Crippen molar-refractivity contribution < 1.29 is 17.9 Å². The fourth-order valence-corrected chi connectivity index (χ4v) is 2.80. The van der Waals surface area contributed by atoms with Crippen molar-refractivity contribution in [1.29, 1.82) is 0 Å². The van der Waals surface area contributed by atoms with Crippen molar-refractivity contribution in [3.05, 3.63) is 23.8 Å².